The Bertz CT molecular complexity index is 453. The largest absolute Gasteiger partial charge is 0.474 e. The van der Waals surface area contributed by atoms with E-state index in [2.05, 4.69) is 11.9 Å². The van der Waals surface area contributed by atoms with Crippen molar-refractivity contribution in [2.24, 2.45) is 5.92 Å². The van der Waals surface area contributed by atoms with Crippen molar-refractivity contribution in [3.05, 3.63) is 17.8 Å². The van der Waals surface area contributed by atoms with Gasteiger partial charge in [0.25, 0.3) is 0 Å². The third-order valence-corrected chi connectivity index (χ3v) is 3.61. The summed E-state index contributed by atoms with van der Waals surface area (Å²) in [4.78, 5) is 4.13. The van der Waals surface area contributed by atoms with Crippen LogP contribution in [0.5, 0.6) is 5.88 Å². The molecule has 4 heteroatoms. The summed E-state index contributed by atoms with van der Waals surface area (Å²) in [6.07, 6.45) is 6.11. The molecular formula is C14H19N3O. The highest BCUT2D eigenvalue weighted by molar-refractivity contribution is 5.50. The number of nitrogens with zero attached hydrogens (tertiary/aromatic N) is 2. The minimum atomic E-state index is 0.228. The van der Waals surface area contributed by atoms with Crippen LogP contribution in [0.25, 0.3) is 0 Å². The molecule has 0 aromatic carbocycles. The van der Waals surface area contributed by atoms with Crippen molar-refractivity contribution >= 4 is 5.69 Å². The van der Waals surface area contributed by atoms with Crippen LogP contribution in [-0.2, 0) is 0 Å². The molecule has 1 heterocycles. The van der Waals surface area contributed by atoms with E-state index >= 15 is 0 Å². The molecule has 1 aromatic heterocycles. The van der Waals surface area contributed by atoms with Gasteiger partial charge >= 0.3 is 0 Å². The Labute approximate surface area is 108 Å². The second-order valence-corrected chi connectivity index (χ2v) is 4.88. The molecule has 18 heavy (non-hydrogen) atoms. The monoisotopic (exact) mass is 245 g/mol. The molecule has 1 saturated carbocycles. The molecule has 0 saturated heterocycles. The van der Waals surface area contributed by atoms with Gasteiger partial charge in [-0.3, -0.25) is 0 Å². The van der Waals surface area contributed by atoms with Gasteiger partial charge in [-0.05, 0) is 31.2 Å². The highest BCUT2D eigenvalue weighted by Crippen LogP contribution is 2.29. The number of nitrogens with two attached hydrogens (primary N) is 1. The minimum Gasteiger partial charge on any atom is -0.474 e. The average Bonchev–Trinajstić information content (AvgIpc) is 2.41. The molecule has 2 unspecified atom stereocenters. The van der Waals surface area contributed by atoms with Gasteiger partial charge in [-0.1, -0.05) is 19.8 Å². The first-order valence-corrected chi connectivity index (χ1v) is 6.56. The van der Waals surface area contributed by atoms with Crippen LogP contribution >= 0.6 is 0 Å². The summed E-state index contributed by atoms with van der Waals surface area (Å²) in [5, 5.41) is 8.88. The summed E-state index contributed by atoms with van der Waals surface area (Å²) in [6.45, 7) is 2.22. The number of ether oxygens (including phenoxy) is 1. The summed E-state index contributed by atoms with van der Waals surface area (Å²) in [5.74, 6) is 1.27. The fourth-order valence-electron chi connectivity index (χ4n) is 2.50. The lowest BCUT2D eigenvalue weighted by atomic mass is 9.85. The van der Waals surface area contributed by atoms with E-state index in [9.17, 15) is 0 Å². The van der Waals surface area contributed by atoms with E-state index in [-0.39, 0.29) is 11.8 Å². The molecule has 2 atom stereocenters. The summed E-state index contributed by atoms with van der Waals surface area (Å²) in [5.41, 5.74) is 6.28. The van der Waals surface area contributed by atoms with E-state index in [0.717, 1.165) is 18.8 Å². The number of nitriles is 1. The highest BCUT2D eigenvalue weighted by Gasteiger charge is 2.22. The first kappa shape index (κ1) is 12.7. The second kappa shape index (κ2) is 5.72. The lowest BCUT2D eigenvalue weighted by Gasteiger charge is -2.28. The van der Waals surface area contributed by atoms with Gasteiger partial charge in [0.05, 0.1) is 5.69 Å². The Morgan fingerprint density at radius 3 is 3.06 bits per heavy atom. The van der Waals surface area contributed by atoms with Gasteiger partial charge in [0.15, 0.2) is 5.69 Å². The van der Waals surface area contributed by atoms with Crippen LogP contribution < -0.4 is 10.5 Å². The van der Waals surface area contributed by atoms with Gasteiger partial charge in [-0.15, -0.1) is 0 Å². The van der Waals surface area contributed by atoms with E-state index in [1.807, 2.05) is 6.07 Å². The molecule has 0 amide bonds. The summed E-state index contributed by atoms with van der Waals surface area (Å²) >= 11 is 0. The van der Waals surface area contributed by atoms with Crippen molar-refractivity contribution in [2.45, 2.75) is 45.1 Å². The third-order valence-electron chi connectivity index (χ3n) is 3.61. The van der Waals surface area contributed by atoms with Crippen molar-refractivity contribution in [1.29, 1.82) is 5.26 Å². The van der Waals surface area contributed by atoms with Crippen LogP contribution in [0.15, 0.2) is 12.1 Å². The third kappa shape index (κ3) is 2.92. The Morgan fingerprint density at radius 1 is 1.50 bits per heavy atom. The molecule has 0 radical (unpaired) electrons. The van der Waals surface area contributed by atoms with E-state index in [1.165, 1.54) is 19.3 Å². The van der Waals surface area contributed by atoms with Crippen LogP contribution in [0.4, 0.5) is 5.69 Å². The molecule has 1 aromatic rings. The number of nitrogen functional groups attached to an aromatic ring is 1. The molecule has 2 N–H and O–H groups in total. The van der Waals surface area contributed by atoms with Crippen molar-refractivity contribution < 1.29 is 4.74 Å². The van der Waals surface area contributed by atoms with Gasteiger partial charge < -0.3 is 10.5 Å². The number of rotatable bonds is 3. The van der Waals surface area contributed by atoms with E-state index in [0.29, 0.717) is 11.6 Å². The number of hydrogen-bond donors (Lipinski definition) is 1. The predicted octanol–water partition coefficient (Wildman–Crippen LogP) is 2.88. The molecule has 1 fully saturated rings. The van der Waals surface area contributed by atoms with Gasteiger partial charge in [-0.25, -0.2) is 4.98 Å². The van der Waals surface area contributed by atoms with Crippen LogP contribution in [0.1, 0.15) is 44.7 Å². The molecule has 2 rings (SSSR count). The summed E-state index contributed by atoms with van der Waals surface area (Å²) < 4.78 is 5.87. The maximum absolute atomic E-state index is 8.88. The van der Waals surface area contributed by atoms with E-state index < -0.39 is 0 Å². The first-order chi connectivity index (χ1) is 8.72. The maximum atomic E-state index is 8.88. The van der Waals surface area contributed by atoms with Crippen molar-refractivity contribution in [3.8, 4) is 11.9 Å². The van der Waals surface area contributed by atoms with Gasteiger partial charge in [0.1, 0.15) is 12.2 Å². The molecule has 96 valence electrons. The molecule has 0 spiro atoms. The van der Waals surface area contributed by atoms with E-state index in [4.69, 9.17) is 15.7 Å². The fraction of sp³-hybridized carbons (Fsp3) is 0.571. The van der Waals surface area contributed by atoms with Gasteiger partial charge in [0.2, 0.25) is 5.88 Å². The zero-order valence-corrected chi connectivity index (χ0v) is 10.7. The quantitative estimate of drug-likeness (QED) is 0.888. The Hall–Kier alpha value is -1.76. The Balaban J connectivity index is 2.03. The summed E-state index contributed by atoms with van der Waals surface area (Å²) in [6, 6.07) is 5.40. The smallest absolute Gasteiger partial charge is 0.214 e. The molecule has 1 aliphatic carbocycles. The Morgan fingerprint density at radius 2 is 2.33 bits per heavy atom. The number of anilines is 1. The Kier molecular flexibility index (Phi) is 4.03. The minimum absolute atomic E-state index is 0.228. The zero-order chi connectivity index (χ0) is 13.0. The molecule has 1 aliphatic rings. The van der Waals surface area contributed by atoms with Crippen molar-refractivity contribution in [3.63, 3.8) is 0 Å². The van der Waals surface area contributed by atoms with Crippen LogP contribution in [-0.4, -0.2) is 11.1 Å². The highest BCUT2D eigenvalue weighted by atomic mass is 16.5. The predicted molar refractivity (Wildman–Crippen MR) is 70.0 cm³/mol. The zero-order valence-electron chi connectivity index (χ0n) is 10.7. The number of pyridine rings is 1. The molecule has 4 nitrogen and oxygen atoms in total. The SMILES string of the molecule is CCC1CCCC(Oc2ccc(N)c(C#N)n2)C1. The standard InChI is InChI=1S/C14H19N3O/c1-2-10-4-3-5-11(8-10)18-14-7-6-12(16)13(9-15)17-14/h6-7,10-11H,2-5,8,16H2,1H3. The van der Waals surface area contributed by atoms with Crippen molar-refractivity contribution in [2.75, 3.05) is 5.73 Å². The molecular weight excluding hydrogens is 226 g/mol. The molecule has 0 aliphatic heterocycles. The maximum Gasteiger partial charge on any atom is 0.214 e. The normalized spacial score (nSPS) is 23.3. The second-order valence-electron chi connectivity index (χ2n) is 4.88. The van der Waals surface area contributed by atoms with Crippen molar-refractivity contribution in [1.82, 2.24) is 4.98 Å². The lowest BCUT2D eigenvalue weighted by Crippen LogP contribution is -2.25. The molecule has 0 bridgehead atoms. The topological polar surface area (TPSA) is 71.9 Å². The summed E-state index contributed by atoms with van der Waals surface area (Å²) in [7, 11) is 0. The fourth-order valence-corrected chi connectivity index (χ4v) is 2.50. The van der Waals surface area contributed by atoms with Gasteiger partial charge in [-0.2, -0.15) is 5.26 Å². The van der Waals surface area contributed by atoms with E-state index in [1.54, 1.807) is 12.1 Å². The lowest BCUT2D eigenvalue weighted by molar-refractivity contribution is 0.117. The first-order valence-electron chi connectivity index (χ1n) is 6.56. The van der Waals surface area contributed by atoms with Crippen LogP contribution in [0.2, 0.25) is 0 Å². The van der Waals surface area contributed by atoms with Crippen LogP contribution in [0.3, 0.4) is 0 Å². The van der Waals surface area contributed by atoms with Crippen LogP contribution in [0, 0.1) is 17.2 Å². The number of aromatic nitrogens is 1. The average molecular weight is 245 g/mol. The number of hydrogen-bond acceptors (Lipinski definition) is 4. The van der Waals surface area contributed by atoms with Gasteiger partial charge in [0, 0.05) is 6.07 Å².